The van der Waals surface area contributed by atoms with Crippen LogP contribution >= 0.6 is 23.2 Å². The fourth-order valence-corrected chi connectivity index (χ4v) is 3.04. The van der Waals surface area contributed by atoms with E-state index in [1.165, 1.54) is 0 Å². The molecule has 1 aromatic carbocycles. The summed E-state index contributed by atoms with van der Waals surface area (Å²) >= 11 is 12.5. The Balaban J connectivity index is 2.43. The second kappa shape index (κ2) is 6.46. The van der Waals surface area contributed by atoms with Gasteiger partial charge in [-0.15, -0.1) is 11.6 Å². The molecule has 20 heavy (non-hydrogen) atoms. The first kappa shape index (κ1) is 15.8. The van der Waals surface area contributed by atoms with E-state index in [0.717, 1.165) is 23.3 Å². The first-order valence-electron chi connectivity index (χ1n) is 6.52. The van der Waals surface area contributed by atoms with Gasteiger partial charge in [0, 0.05) is 28.9 Å². The quantitative estimate of drug-likeness (QED) is 0.771. The van der Waals surface area contributed by atoms with Crippen LogP contribution in [0.3, 0.4) is 0 Å². The Bertz CT molecular complexity index is 639. The first-order valence-corrected chi connectivity index (χ1v) is 8.96. The number of aryl methyl sites for hydroxylation is 1. The van der Waals surface area contributed by atoms with Gasteiger partial charge in [-0.05, 0) is 25.5 Å². The van der Waals surface area contributed by atoms with Crippen molar-refractivity contribution in [1.29, 1.82) is 0 Å². The molecular weight excluding hydrogens is 315 g/mol. The maximum Gasteiger partial charge on any atom is 0.127 e. The van der Waals surface area contributed by atoms with Gasteiger partial charge in [0.05, 0.1) is 21.4 Å². The highest BCUT2D eigenvalue weighted by Gasteiger charge is 2.18. The number of benzene rings is 1. The Hall–Kier alpha value is -0.580. The summed E-state index contributed by atoms with van der Waals surface area (Å²) in [6.07, 6.45) is 2.53. The minimum atomic E-state index is -0.828. The van der Waals surface area contributed by atoms with Crippen molar-refractivity contribution in [3.63, 3.8) is 0 Å². The van der Waals surface area contributed by atoms with E-state index in [9.17, 15) is 4.21 Å². The predicted octanol–water partition coefficient (Wildman–Crippen LogP) is 4.15. The van der Waals surface area contributed by atoms with Gasteiger partial charge in [-0.2, -0.15) is 0 Å². The van der Waals surface area contributed by atoms with Gasteiger partial charge in [-0.3, -0.25) is 4.21 Å². The van der Waals surface area contributed by atoms with Gasteiger partial charge in [-0.25, -0.2) is 4.98 Å². The van der Waals surface area contributed by atoms with Crippen molar-refractivity contribution in [3.8, 4) is 0 Å². The summed E-state index contributed by atoms with van der Waals surface area (Å²) in [6.45, 7) is 4.60. The number of rotatable bonds is 5. The van der Waals surface area contributed by atoms with E-state index in [4.69, 9.17) is 23.2 Å². The van der Waals surface area contributed by atoms with Gasteiger partial charge < -0.3 is 4.57 Å². The highest BCUT2D eigenvalue weighted by molar-refractivity contribution is 7.84. The maximum absolute atomic E-state index is 11.5. The van der Waals surface area contributed by atoms with Crippen LogP contribution in [0, 0.1) is 0 Å². The number of hydrogen-bond acceptors (Lipinski definition) is 2. The van der Waals surface area contributed by atoms with Gasteiger partial charge in [0.1, 0.15) is 5.82 Å². The topological polar surface area (TPSA) is 34.9 Å². The van der Waals surface area contributed by atoms with Crippen LogP contribution in [0.2, 0.25) is 5.02 Å². The average Bonchev–Trinajstić information content (AvgIpc) is 2.76. The van der Waals surface area contributed by atoms with Crippen molar-refractivity contribution in [1.82, 2.24) is 9.55 Å². The van der Waals surface area contributed by atoms with Crippen LogP contribution in [-0.4, -0.2) is 25.3 Å². The molecule has 0 aliphatic heterocycles. The Morgan fingerprint density at radius 2 is 2.10 bits per heavy atom. The number of imidazole rings is 1. The summed E-state index contributed by atoms with van der Waals surface area (Å²) in [7, 11) is -0.828. The van der Waals surface area contributed by atoms with Crippen LogP contribution in [0.5, 0.6) is 0 Å². The van der Waals surface area contributed by atoms with Crippen LogP contribution < -0.4 is 0 Å². The molecule has 3 unspecified atom stereocenters. The molecule has 3 atom stereocenters. The number of para-hydroxylation sites is 1. The minimum absolute atomic E-state index is 0.133. The number of aromatic nitrogens is 2. The first-order chi connectivity index (χ1) is 9.41. The van der Waals surface area contributed by atoms with Crippen molar-refractivity contribution >= 4 is 45.0 Å². The predicted molar refractivity (Wildman–Crippen MR) is 87.2 cm³/mol. The highest BCUT2D eigenvalue weighted by atomic mass is 35.5. The zero-order chi connectivity index (χ0) is 14.9. The number of hydrogen-bond donors (Lipinski definition) is 0. The van der Waals surface area contributed by atoms with E-state index in [0.29, 0.717) is 11.6 Å². The van der Waals surface area contributed by atoms with Crippen LogP contribution in [0.25, 0.3) is 11.0 Å². The number of fused-ring (bicyclic) bond motifs is 1. The van der Waals surface area contributed by atoms with E-state index in [2.05, 4.69) is 9.55 Å². The molecule has 3 nitrogen and oxygen atoms in total. The van der Waals surface area contributed by atoms with Gasteiger partial charge >= 0.3 is 0 Å². The van der Waals surface area contributed by atoms with Crippen molar-refractivity contribution < 1.29 is 4.21 Å². The molecule has 1 aromatic heterocycles. The van der Waals surface area contributed by atoms with Crippen LogP contribution in [0.15, 0.2) is 18.2 Å². The standard InChI is InChI=1S/C14H18Cl2N2OS/c1-9(20(3)19)7-8-18-13-11(16)5-4-6-12(13)17-14(18)10(2)15/h4-6,9-10H,7-8H2,1-3H3. The molecule has 0 saturated heterocycles. The molecule has 6 heteroatoms. The SMILES string of the molecule is CC(Cl)c1nc2cccc(Cl)c2n1CCC(C)S(C)=O. The molecule has 110 valence electrons. The molecule has 2 rings (SSSR count). The molecule has 0 amide bonds. The molecular formula is C14H18Cl2N2OS. The van der Waals surface area contributed by atoms with Crippen LogP contribution in [0.1, 0.15) is 31.5 Å². The molecule has 0 aliphatic rings. The third kappa shape index (κ3) is 3.18. The van der Waals surface area contributed by atoms with Crippen LogP contribution in [0.4, 0.5) is 0 Å². The van der Waals surface area contributed by atoms with E-state index in [-0.39, 0.29) is 10.6 Å². The Labute approximate surface area is 131 Å². The molecule has 0 aliphatic carbocycles. The van der Waals surface area contributed by atoms with E-state index >= 15 is 0 Å². The molecule has 0 radical (unpaired) electrons. The van der Waals surface area contributed by atoms with Crippen molar-refractivity contribution in [3.05, 3.63) is 29.0 Å². The second-order valence-corrected chi connectivity index (χ2v) is 7.81. The molecule has 0 saturated carbocycles. The Kier molecular flexibility index (Phi) is 5.10. The summed E-state index contributed by atoms with van der Waals surface area (Å²) in [5, 5.41) is 0.609. The van der Waals surface area contributed by atoms with Crippen molar-refractivity contribution in [2.24, 2.45) is 0 Å². The fraction of sp³-hybridized carbons (Fsp3) is 0.500. The number of alkyl halides is 1. The minimum Gasteiger partial charge on any atom is -0.325 e. The molecule has 0 fully saturated rings. The Morgan fingerprint density at radius 1 is 1.40 bits per heavy atom. The van der Waals surface area contributed by atoms with E-state index in [1.807, 2.05) is 32.0 Å². The van der Waals surface area contributed by atoms with Gasteiger partial charge in [0.25, 0.3) is 0 Å². The normalized spacial score (nSPS) is 16.2. The third-order valence-corrected chi connectivity index (χ3v) is 5.30. The van der Waals surface area contributed by atoms with Crippen molar-refractivity contribution in [2.45, 2.75) is 37.4 Å². The monoisotopic (exact) mass is 332 g/mol. The summed E-state index contributed by atoms with van der Waals surface area (Å²) in [5.74, 6) is 0.809. The third-order valence-electron chi connectivity index (χ3n) is 3.43. The summed E-state index contributed by atoms with van der Waals surface area (Å²) in [4.78, 5) is 4.57. The second-order valence-electron chi connectivity index (χ2n) is 4.94. The number of nitrogens with zero attached hydrogens (tertiary/aromatic N) is 2. The zero-order valence-electron chi connectivity index (χ0n) is 11.8. The molecule has 0 bridgehead atoms. The lowest BCUT2D eigenvalue weighted by molar-refractivity contribution is 0.608. The average molecular weight is 333 g/mol. The lowest BCUT2D eigenvalue weighted by atomic mass is 10.3. The zero-order valence-corrected chi connectivity index (χ0v) is 14.1. The van der Waals surface area contributed by atoms with Gasteiger partial charge in [0.15, 0.2) is 0 Å². The van der Waals surface area contributed by atoms with Crippen molar-refractivity contribution in [2.75, 3.05) is 6.26 Å². The van der Waals surface area contributed by atoms with Gasteiger partial charge in [0.2, 0.25) is 0 Å². The summed E-state index contributed by atoms with van der Waals surface area (Å²) in [5.41, 5.74) is 1.76. The van der Waals surface area contributed by atoms with E-state index in [1.54, 1.807) is 6.26 Å². The summed E-state index contributed by atoms with van der Waals surface area (Å²) < 4.78 is 13.5. The molecule has 1 heterocycles. The summed E-state index contributed by atoms with van der Waals surface area (Å²) in [6, 6.07) is 5.67. The maximum atomic E-state index is 11.5. The molecule has 0 N–H and O–H groups in total. The fourth-order valence-electron chi connectivity index (χ4n) is 2.17. The molecule has 0 spiro atoms. The number of halogens is 2. The lowest BCUT2D eigenvalue weighted by Gasteiger charge is -2.13. The largest absolute Gasteiger partial charge is 0.325 e. The van der Waals surface area contributed by atoms with Gasteiger partial charge in [-0.1, -0.05) is 24.6 Å². The van der Waals surface area contributed by atoms with E-state index < -0.39 is 10.8 Å². The lowest BCUT2D eigenvalue weighted by Crippen LogP contribution is -2.14. The van der Waals surface area contributed by atoms with Crippen LogP contribution in [-0.2, 0) is 17.3 Å². The molecule has 2 aromatic rings. The smallest absolute Gasteiger partial charge is 0.127 e. The Morgan fingerprint density at radius 3 is 2.70 bits per heavy atom. The highest BCUT2D eigenvalue weighted by Crippen LogP contribution is 2.29.